The number of amides is 1. The Hall–Kier alpha value is -0.610. The monoisotopic (exact) mass is 199 g/mol. The average Bonchev–Trinajstić information content (AvgIpc) is 2.17. The van der Waals surface area contributed by atoms with Crippen LogP contribution >= 0.6 is 0 Å². The maximum absolute atomic E-state index is 11.8. The number of hydrogen-bond donors (Lipinski definition) is 2. The number of carbonyl (C=O) groups excluding carboxylic acids is 1. The molecule has 1 rings (SSSR count). The highest BCUT2D eigenvalue weighted by Gasteiger charge is 2.22. The highest BCUT2D eigenvalue weighted by molar-refractivity contribution is 5.81. The fourth-order valence-electron chi connectivity index (χ4n) is 1.73. The molecule has 1 aliphatic heterocycles. The summed E-state index contributed by atoms with van der Waals surface area (Å²) in [6, 6.07) is -0.312. The number of piperazine rings is 1. The molecule has 0 aliphatic carbocycles. The number of hydrogen-bond acceptors (Lipinski definition) is 3. The Bertz CT molecular complexity index is 188. The zero-order valence-corrected chi connectivity index (χ0v) is 9.12. The molecule has 1 fully saturated rings. The zero-order chi connectivity index (χ0) is 10.6. The third-order valence-electron chi connectivity index (χ3n) is 2.47. The number of rotatable bonds is 3. The first-order valence-electron chi connectivity index (χ1n) is 5.36. The van der Waals surface area contributed by atoms with Gasteiger partial charge >= 0.3 is 0 Å². The van der Waals surface area contributed by atoms with E-state index in [1.807, 2.05) is 4.90 Å². The maximum atomic E-state index is 11.8. The smallest absolute Gasteiger partial charge is 0.239 e. The van der Waals surface area contributed by atoms with Crippen molar-refractivity contribution in [1.29, 1.82) is 0 Å². The topological polar surface area (TPSA) is 58.4 Å². The summed E-state index contributed by atoms with van der Waals surface area (Å²) in [5, 5.41) is 3.21. The van der Waals surface area contributed by atoms with E-state index in [9.17, 15) is 4.79 Å². The summed E-state index contributed by atoms with van der Waals surface area (Å²) in [7, 11) is 0. The first-order chi connectivity index (χ1) is 6.61. The predicted octanol–water partition coefficient (Wildman–Crippen LogP) is -0.208. The highest BCUT2D eigenvalue weighted by Crippen LogP contribution is 2.06. The van der Waals surface area contributed by atoms with Crippen LogP contribution < -0.4 is 11.1 Å². The molecule has 1 amide bonds. The van der Waals surface area contributed by atoms with Gasteiger partial charge in [0.1, 0.15) is 0 Å². The zero-order valence-electron chi connectivity index (χ0n) is 9.12. The van der Waals surface area contributed by atoms with Crippen LogP contribution in [0.25, 0.3) is 0 Å². The lowest BCUT2D eigenvalue weighted by Crippen LogP contribution is -2.52. The van der Waals surface area contributed by atoms with E-state index in [0.29, 0.717) is 5.92 Å². The van der Waals surface area contributed by atoms with Crippen LogP contribution in [0.1, 0.15) is 20.3 Å². The summed E-state index contributed by atoms with van der Waals surface area (Å²) in [6.07, 6.45) is 0.781. The fourth-order valence-corrected chi connectivity index (χ4v) is 1.73. The van der Waals surface area contributed by atoms with Gasteiger partial charge < -0.3 is 16.0 Å². The minimum atomic E-state index is -0.312. The standard InChI is InChI=1S/C10H21N3O/c1-8(2)7-9(11)10(14)13-5-3-12-4-6-13/h8-9,12H,3-7,11H2,1-2H3/t9-/m0/s1. The normalized spacial score (nSPS) is 19.9. The quantitative estimate of drug-likeness (QED) is 0.661. The van der Waals surface area contributed by atoms with Crippen molar-refractivity contribution in [2.45, 2.75) is 26.3 Å². The Morgan fingerprint density at radius 3 is 2.50 bits per heavy atom. The second-order valence-corrected chi connectivity index (χ2v) is 4.31. The summed E-state index contributed by atoms with van der Waals surface area (Å²) >= 11 is 0. The lowest BCUT2D eigenvalue weighted by atomic mass is 10.0. The first kappa shape index (κ1) is 11.5. The van der Waals surface area contributed by atoms with Crippen molar-refractivity contribution >= 4 is 5.91 Å². The fraction of sp³-hybridized carbons (Fsp3) is 0.900. The van der Waals surface area contributed by atoms with Gasteiger partial charge in [-0.2, -0.15) is 0 Å². The number of nitrogens with one attached hydrogen (secondary N) is 1. The summed E-state index contributed by atoms with van der Waals surface area (Å²) in [4.78, 5) is 13.7. The molecule has 0 spiro atoms. The van der Waals surface area contributed by atoms with Crippen LogP contribution in [0.2, 0.25) is 0 Å². The molecular weight excluding hydrogens is 178 g/mol. The van der Waals surface area contributed by atoms with Gasteiger partial charge in [0.15, 0.2) is 0 Å². The second-order valence-electron chi connectivity index (χ2n) is 4.31. The molecule has 1 atom stereocenters. The van der Waals surface area contributed by atoms with Crippen molar-refractivity contribution in [2.75, 3.05) is 26.2 Å². The Morgan fingerprint density at radius 2 is 2.00 bits per heavy atom. The van der Waals surface area contributed by atoms with Gasteiger partial charge in [0.25, 0.3) is 0 Å². The Labute approximate surface area is 85.8 Å². The molecule has 0 radical (unpaired) electrons. The lowest BCUT2D eigenvalue weighted by Gasteiger charge is -2.30. The molecule has 3 N–H and O–H groups in total. The molecule has 0 saturated carbocycles. The van der Waals surface area contributed by atoms with Crippen molar-refractivity contribution in [2.24, 2.45) is 11.7 Å². The summed E-state index contributed by atoms with van der Waals surface area (Å²) in [6.45, 7) is 7.55. The van der Waals surface area contributed by atoms with Crippen LogP contribution in [0.15, 0.2) is 0 Å². The molecule has 14 heavy (non-hydrogen) atoms. The average molecular weight is 199 g/mol. The Balaban J connectivity index is 2.38. The molecule has 82 valence electrons. The molecule has 0 aromatic carbocycles. The number of nitrogens with zero attached hydrogens (tertiary/aromatic N) is 1. The minimum Gasteiger partial charge on any atom is -0.339 e. The van der Waals surface area contributed by atoms with Crippen LogP contribution in [0.3, 0.4) is 0 Å². The van der Waals surface area contributed by atoms with E-state index < -0.39 is 0 Å². The predicted molar refractivity (Wildman–Crippen MR) is 56.9 cm³/mol. The molecule has 0 unspecified atom stereocenters. The van der Waals surface area contributed by atoms with E-state index in [2.05, 4.69) is 19.2 Å². The molecule has 1 heterocycles. The molecule has 1 aliphatic rings. The van der Waals surface area contributed by atoms with E-state index >= 15 is 0 Å². The van der Waals surface area contributed by atoms with E-state index in [0.717, 1.165) is 32.6 Å². The number of nitrogens with two attached hydrogens (primary N) is 1. The van der Waals surface area contributed by atoms with Crippen LogP contribution in [-0.2, 0) is 4.79 Å². The third kappa shape index (κ3) is 3.27. The van der Waals surface area contributed by atoms with Gasteiger partial charge in [-0.15, -0.1) is 0 Å². The van der Waals surface area contributed by atoms with Gasteiger partial charge in [-0.05, 0) is 12.3 Å². The van der Waals surface area contributed by atoms with Gasteiger partial charge in [-0.3, -0.25) is 4.79 Å². The van der Waals surface area contributed by atoms with Crippen molar-refractivity contribution < 1.29 is 4.79 Å². The highest BCUT2D eigenvalue weighted by atomic mass is 16.2. The molecule has 0 bridgehead atoms. The first-order valence-corrected chi connectivity index (χ1v) is 5.36. The summed E-state index contributed by atoms with van der Waals surface area (Å²) < 4.78 is 0. The van der Waals surface area contributed by atoms with Crippen molar-refractivity contribution in [3.8, 4) is 0 Å². The van der Waals surface area contributed by atoms with Crippen LogP contribution in [-0.4, -0.2) is 43.0 Å². The van der Waals surface area contributed by atoms with Gasteiger partial charge in [-0.25, -0.2) is 0 Å². The summed E-state index contributed by atoms with van der Waals surface area (Å²) in [5.74, 6) is 0.595. The number of carbonyl (C=O) groups is 1. The van der Waals surface area contributed by atoms with E-state index in [1.54, 1.807) is 0 Å². The Morgan fingerprint density at radius 1 is 1.43 bits per heavy atom. The molecule has 1 saturated heterocycles. The third-order valence-corrected chi connectivity index (χ3v) is 2.47. The SMILES string of the molecule is CC(C)C[C@H](N)C(=O)N1CCNCC1. The summed E-state index contributed by atoms with van der Waals surface area (Å²) in [5.41, 5.74) is 5.84. The Kier molecular flexibility index (Phi) is 4.35. The largest absolute Gasteiger partial charge is 0.339 e. The van der Waals surface area contributed by atoms with Gasteiger partial charge in [0.2, 0.25) is 5.91 Å². The minimum absolute atomic E-state index is 0.111. The van der Waals surface area contributed by atoms with Crippen LogP contribution in [0.5, 0.6) is 0 Å². The molecule has 4 heteroatoms. The molecular formula is C10H21N3O. The van der Waals surface area contributed by atoms with E-state index in [-0.39, 0.29) is 11.9 Å². The van der Waals surface area contributed by atoms with Crippen LogP contribution in [0, 0.1) is 5.92 Å². The molecule has 0 aromatic rings. The van der Waals surface area contributed by atoms with Gasteiger partial charge in [-0.1, -0.05) is 13.8 Å². The van der Waals surface area contributed by atoms with Gasteiger partial charge in [0, 0.05) is 26.2 Å². The maximum Gasteiger partial charge on any atom is 0.239 e. The second kappa shape index (κ2) is 5.32. The lowest BCUT2D eigenvalue weighted by molar-refractivity contribution is -0.133. The van der Waals surface area contributed by atoms with Gasteiger partial charge in [0.05, 0.1) is 6.04 Å². The van der Waals surface area contributed by atoms with Crippen LogP contribution in [0.4, 0.5) is 0 Å². The molecule has 4 nitrogen and oxygen atoms in total. The van der Waals surface area contributed by atoms with Crippen molar-refractivity contribution in [3.63, 3.8) is 0 Å². The molecule has 0 aromatic heterocycles. The van der Waals surface area contributed by atoms with Crippen molar-refractivity contribution in [3.05, 3.63) is 0 Å². The van der Waals surface area contributed by atoms with E-state index in [4.69, 9.17) is 5.73 Å². The van der Waals surface area contributed by atoms with E-state index in [1.165, 1.54) is 0 Å². The van der Waals surface area contributed by atoms with Crippen molar-refractivity contribution in [1.82, 2.24) is 10.2 Å².